The Bertz CT molecular complexity index is 306. The van der Waals surface area contributed by atoms with Crippen molar-refractivity contribution in [2.45, 2.75) is 26.2 Å². The van der Waals surface area contributed by atoms with E-state index in [1.54, 1.807) is 0 Å². The van der Waals surface area contributed by atoms with Gasteiger partial charge in [-0.2, -0.15) is 0 Å². The Kier molecular flexibility index (Phi) is 3.20. The maximum atomic E-state index is 12.0. The molecule has 0 amide bonds. The monoisotopic (exact) mass is 202 g/mol. The maximum absolute atomic E-state index is 12.0. The van der Waals surface area contributed by atoms with Crippen LogP contribution in [0.25, 0.3) is 0 Å². The molecule has 2 rings (SSSR count). The zero-order chi connectivity index (χ0) is 10.7. The van der Waals surface area contributed by atoms with E-state index in [1.807, 2.05) is 12.2 Å². The number of hydrogen-bond acceptors (Lipinski definition) is 1. The van der Waals surface area contributed by atoms with Crippen molar-refractivity contribution in [3.05, 3.63) is 36.5 Å². The summed E-state index contributed by atoms with van der Waals surface area (Å²) in [7, 11) is 0. The van der Waals surface area contributed by atoms with Crippen LogP contribution in [0.3, 0.4) is 0 Å². The van der Waals surface area contributed by atoms with Gasteiger partial charge in [-0.15, -0.1) is 0 Å². The van der Waals surface area contributed by atoms with Crippen molar-refractivity contribution in [3.63, 3.8) is 0 Å². The summed E-state index contributed by atoms with van der Waals surface area (Å²) in [5.74, 6) is 1.26. The molecule has 1 fully saturated rings. The van der Waals surface area contributed by atoms with Crippen molar-refractivity contribution in [1.29, 1.82) is 0 Å². The van der Waals surface area contributed by atoms with Crippen LogP contribution in [0, 0.1) is 17.8 Å². The second-order valence-corrected chi connectivity index (χ2v) is 4.57. The zero-order valence-corrected chi connectivity index (χ0v) is 9.23. The van der Waals surface area contributed by atoms with Gasteiger partial charge in [0.25, 0.3) is 0 Å². The van der Waals surface area contributed by atoms with E-state index in [9.17, 15) is 4.79 Å². The molecule has 0 heterocycles. The third kappa shape index (κ3) is 2.28. The fourth-order valence-electron chi connectivity index (χ4n) is 2.52. The molecule has 80 valence electrons. The molecule has 0 radical (unpaired) electrons. The normalized spacial score (nSPS) is 31.9. The van der Waals surface area contributed by atoms with Crippen molar-refractivity contribution >= 4 is 5.78 Å². The molecule has 0 aromatic heterocycles. The summed E-state index contributed by atoms with van der Waals surface area (Å²) in [5.41, 5.74) is 0. The second-order valence-electron chi connectivity index (χ2n) is 4.57. The van der Waals surface area contributed by atoms with Gasteiger partial charge in [0.1, 0.15) is 5.78 Å². The molecule has 0 saturated heterocycles. The smallest absolute Gasteiger partial charge is 0.139 e. The van der Waals surface area contributed by atoms with Crippen LogP contribution in [0.5, 0.6) is 0 Å². The second kappa shape index (κ2) is 4.61. The highest BCUT2D eigenvalue weighted by atomic mass is 16.1. The summed E-state index contributed by atoms with van der Waals surface area (Å²) in [6.45, 7) is 2.07. The Hall–Kier alpha value is -1.11. The quantitative estimate of drug-likeness (QED) is 0.637. The molecule has 0 aromatic carbocycles. The Morgan fingerprint density at radius 2 is 1.73 bits per heavy atom. The molecular weight excluding hydrogens is 184 g/mol. The number of Topliss-reactive ketones (excluding diaryl/α,β-unsaturated/α-hetero) is 1. The molecule has 1 nitrogen and oxygen atoms in total. The summed E-state index contributed by atoms with van der Waals surface area (Å²) < 4.78 is 0. The van der Waals surface area contributed by atoms with E-state index in [0.717, 1.165) is 12.8 Å². The molecular formula is C14H18O. The van der Waals surface area contributed by atoms with Crippen molar-refractivity contribution in [2.24, 2.45) is 17.8 Å². The van der Waals surface area contributed by atoms with Crippen LogP contribution in [-0.2, 0) is 4.79 Å². The molecule has 2 aliphatic rings. The van der Waals surface area contributed by atoms with Gasteiger partial charge in [0.2, 0.25) is 0 Å². The minimum absolute atomic E-state index is 0.223. The largest absolute Gasteiger partial charge is 0.299 e. The van der Waals surface area contributed by atoms with E-state index in [2.05, 4.69) is 31.2 Å². The molecule has 0 bridgehead atoms. The van der Waals surface area contributed by atoms with E-state index >= 15 is 0 Å². The van der Waals surface area contributed by atoms with E-state index < -0.39 is 0 Å². The zero-order valence-electron chi connectivity index (χ0n) is 9.23. The summed E-state index contributed by atoms with van der Waals surface area (Å²) >= 11 is 0. The molecule has 1 heteroatoms. The van der Waals surface area contributed by atoms with Crippen LogP contribution < -0.4 is 0 Å². The van der Waals surface area contributed by atoms with Crippen molar-refractivity contribution in [1.82, 2.24) is 0 Å². The average Bonchev–Trinajstić information content (AvgIpc) is 2.50. The molecule has 0 aliphatic heterocycles. The first-order valence-corrected chi connectivity index (χ1v) is 5.84. The lowest BCUT2D eigenvalue weighted by atomic mass is 9.74. The minimum atomic E-state index is 0.223. The molecule has 0 spiro atoms. The third-order valence-corrected chi connectivity index (χ3v) is 3.47. The van der Waals surface area contributed by atoms with Crippen LogP contribution in [0.2, 0.25) is 0 Å². The molecule has 1 saturated carbocycles. The van der Waals surface area contributed by atoms with E-state index in [0.29, 0.717) is 11.7 Å². The van der Waals surface area contributed by atoms with Crippen molar-refractivity contribution in [3.8, 4) is 0 Å². The highest BCUT2D eigenvalue weighted by Gasteiger charge is 2.31. The summed E-state index contributed by atoms with van der Waals surface area (Å²) in [4.78, 5) is 12.0. The Morgan fingerprint density at radius 3 is 2.40 bits per heavy atom. The fourth-order valence-corrected chi connectivity index (χ4v) is 2.52. The number of rotatable bonds is 1. The lowest BCUT2D eigenvalue weighted by molar-refractivity contribution is -0.129. The van der Waals surface area contributed by atoms with Crippen LogP contribution in [-0.4, -0.2) is 5.78 Å². The van der Waals surface area contributed by atoms with Gasteiger partial charge < -0.3 is 0 Å². The average molecular weight is 202 g/mol. The van der Waals surface area contributed by atoms with Crippen LogP contribution in [0.15, 0.2) is 36.5 Å². The van der Waals surface area contributed by atoms with Gasteiger partial charge in [-0.1, -0.05) is 49.8 Å². The van der Waals surface area contributed by atoms with Gasteiger partial charge in [-0.05, 0) is 12.8 Å². The molecule has 2 aliphatic carbocycles. The maximum Gasteiger partial charge on any atom is 0.139 e. The summed E-state index contributed by atoms with van der Waals surface area (Å²) in [6, 6.07) is 0. The van der Waals surface area contributed by atoms with Gasteiger partial charge in [0.15, 0.2) is 0 Å². The highest BCUT2D eigenvalue weighted by Crippen LogP contribution is 2.32. The van der Waals surface area contributed by atoms with E-state index in [-0.39, 0.29) is 11.8 Å². The SMILES string of the molecule is CC1CCCC(C2C=CC=CC=C2)C1=O. The number of hydrogen-bond donors (Lipinski definition) is 0. The van der Waals surface area contributed by atoms with Crippen LogP contribution in [0.4, 0.5) is 0 Å². The molecule has 15 heavy (non-hydrogen) atoms. The summed E-state index contributed by atoms with van der Waals surface area (Å²) in [5, 5.41) is 0. The van der Waals surface area contributed by atoms with Gasteiger partial charge in [0.05, 0.1) is 0 Å². The fraction of sp³-hybridized carbons (Fsp3) is 0.500. The van der Waals surface area contributed by atoms with Crippen molar-refractivity contribution in [2.75, 3.05) is 0 Å². The molecule has 0 aromatic rings. The van der Waals surface area contributed by atoms with Gasteiger partial charge in [-0.25, -0.2) is 0 Å². The van der Waals surface area contributed by atoms with Gasteiger partial charge >= 0.3 is 0 Å². The summed E-state index contributed by atoms with van der Waals surface area (Å²) in [6.07, 6.45) is 15.8. The first-order chi connectivity index (χ1) is 7.29. The highest BCUT2D eigenvalue weighted by molar-refractivity contribution is 5.84. The van der Waals surface area contributed by atoms with E-state index in [1.165, 1.54) is 6.42 Å². The first-order valence-electron chi connectivity index (χ1n) is 5.84. The van der Waals surface area contributed by atoms with Crippen molar-refractivity contribution < 1.29 is 4.79 Å². The van der Waals surface area contributed by atoms with Gasteiger partial charge in [-0.3, -0.25) is 4.79 Å². The first kappa shape index (κ1) is 10.4. The number of carbonyl (C=O) groups is 1. The lowest BCUT2D eigenvalue weighted by Gasteiger charge is -2.28. The predicted molar refractivity (Wildman–Crippen MR) is 62.4 cm³/mol. The lowest BCUT2D eigenvalue weighted by Crippen LogP contribution is -2.30. The number of allylic oxidation sites excluding steroid dienone is 6. The van der Waals surface area contributed by atoms with Crippen LogP contribution in [0.1, 0.15) is 26.2 Å². The molecule has 2 unspecified atom stereocenters. The van der Waals surface area contributed by atoms with E-state index in [4.69, 9.17) is 0 Å². The standard InChI is InChI=1S/C14H18O/c1-11-7-6-10-13(14(11)15)12-8-4-2-3-5-9-12/h2-5,8-9,11-13H,6-7,10H2,1H3. The Morgan fingerprint density at radius 1 is 1.07 bits per heavy atom. The molecule has 0 N–H and O–H groups in total. The predicted octanol–water partition coefficient (Wildman–Crippen LogP) is 3.29. The Balaban J connectivity index is 2.12. The minimum Gasteiger partial charge on any atom is -0.299 e. The topological polar surface area (TPSA) is 17.1 Å². The van der Waals surface area contributed by atoms with Gasteiger partial charge in [0, 0.05) is 17.8 Å². The Labute approximate surface area is 91.6 Å². The third-order valence-electron chi connectivity index (χ3n) is 3.47. The number of ketones is 1. The molecule has 2 atom stereocenters. The number of carbonyl (C=O) groups excluding carboxylic acids is 1. The van der Waals surface area contributed by atoms with Crippen LogP contribution >= 0.6 is 0 Å².